The van der Waals surface area contributed by atoms with E-state index in [2.05, 4.69) is 25.9 Å². The van der Waals surface area contributed by atoms with E-state index in [9.17, 15) is 53.7 Å². The zero-order valence-electron chi connectivity index (χ0n) is 32.9. The lowest BCUT2D eigenvalue weighted by atomic mass is 10.1. The summed E-state index contributed by atoms with van der Waals surface area (Å²) in [6, 6.07) is -1.94. The Kier molecular flexibility index (Phi) is 21.2. The number of ether oxygens (including phenoxy) is 2. The van der Waals surface area contributed by atoms with Gasteiger partial charge < -0.3 is 55.7 Å². The van der Waals surface area contributed by atoms with Crippen molar-refractivity contribution in [2.24, 2.45) is 0 Å². The Morgan fingerprint density at radius 2 is 1.24 bits per heavy atom. The fourth-order valence-electron chi connectivity index (χ4n) is 6.53. The van der Waals surface area contributed by atoms with Gasteiger partial charge in [0.1, 0.15) is 25.2 Å². The van der Waals surface area contributed by atoms with Crippen molar-refractivity contribution >= 4 is 47.5 Å². The number of H-pyrrole nitrogens is 1. The number of aromatic amines is 1. The molecule has 0 radical (unpaired) electrons. The van der Waals surface area contributed by atoms with Crippen molar-refractivity contribution in [2.75, 3.05) is 125 Å². The van der Waals surface area contributed by atoms with Crippen molar-refractivity contribution in [2.45, 2.75) is 31.3 Å². The van der Waals surface area contributed by atoms with Crippen LogP contribution in [-0.2, 0) is 54.3 Å². The lowest BCUT2D eigenvalue weighted by Crippen LogP contribution is -2.55. The lowest BCUT2D eigenvalue weighted by molar-refractivity contribution is -0.143. The number of aliphatic carboxylic acids is 4. The van der Waals surface area contributed by atoms with Gasteiger partial charge in [-0.05, 0) is 12.8 Å². The lowest BCUT2D eigenvalue weighted by Gasteiger charge is -2.32. The molecule has 0 aliphatic carbocycles. The average Bonchev–Trinajstić information content (AvgIpc) is 3.88. The number of carboxylic acid groups (broad SMARTS) is 4. The Labute approximate surface area is 340 Å². The zero-order chi connectivity index (χ0) is 43.2. The van der Waals surface area contributed by atoms with E-state index in [1.807, 2.05) is 0 Å². The van der Waals surface area contributed by atoms with Gasteiger partial charge >= 0.3 is 23.9 Å². The molecule has 2 aliphatic heterocycles. The molecule has 2 aliphatic rings. The third kappa shape index (κ3) is 19.4. The normalized spacial score (nSPS) is 18.2. The summed E-state index contributed by atoms with van der Waals surface area (Å²) in [4.78, 5) is 112. The number of likely N-dealkylation sites (tertiary alicyclic amines) is 1. The van der Waals surface area contributed by atoms with Crippen molar-refractivity contribution in [3.8, 4) is 0 Å². The monoisotopic (exact) mass is 840 g/mol. The summed E-state index contributed by atoms with van der Waals surface area (Å²) < 4.78 is 10.9. The van der Waals surface area contributed by atoms with Gasteiger partial charge in [0.15, 0.2) is 0 Å². The van der Waals surface area contributed by atoms with Gasteiger partial charge in [-0.3, -0.25) is 58.0 Å². The predicted octanol–water partition coefficient (Wildman–Crippen LogP) is -4.75. The summed E-state index contributed by atoms with van der Waals surface area (Å²) in [7, 11) is 0. The molecule has 0 unspecified atom stereocenters. The molecule has 3 rings (SSSR count). The van der Waals surface area contributed by atoms with Gasteiger partial charge in [0.05, 0.1) is 52.3 Å². The molecule has 0 aromatic carbocycles. The van der Waals surface area contributed by atoms with Crippen LogP contribution in [-0.4, -0.2) is 239 Å². The molecule has 59 heavy (non-hydrogen) atoms. The van der Waals surface area contributed by atoms with Gasteiger partial charge in [0.2, 0.25) is 23.6 Å². The fraction of sp³-hybridized carbons (Fsp3) is 0.686. The first-order chi connectivity index (χ1) is 28.2. The third-order valence-corrected chi connectivity index (χ3v) is 9.41. The van der Waals surface area contributed by atoms with Crippen LogP contribution in [0.15, 0.2) is 12.5 Å². The summed E-state index contributed by atoms with van der Waals surface area (Å²) >= 11 is 0. The first kappa shape index (κ1) is 48.1. The van der Waals surface area contributed by atoms with Crippen LogP contribution in [0.3, 0.4) is 0 Å². The number of aromatic nitrogens is 2. The Morgan fingerprint density at radius 1 is 0.695 bits per heavy atom. The van der Waals surface area contributed by atoms with Crippen LogP contribution in [0.2, 0.25) is 0 Å². The standard InChI is InChI=1S/C35H56N10O14/c46-28(19-41-5-7-42(20-31(50)51)9-11-44(22-33(54)55)12-10-43(8-6-41)21-32(52)53)37-3-13-58-14-15-59-23-29(47)40-26(16-25-17-36-24-39-25)35(57)45-4-1-2-27(45)34(56)38-18-30(48)49/h17,24,26-27H,1-16,18-23H2,(H,36,39)(H,37,46)(H,38,56)(H,40,47)(H,48,49)(H,50,51)(H,52,53)(H,54,55)/t26-,27-/m0/s1. The van der Waals surface area contributed by atoms with E-state index in [4.69, 9.17) is 14.6 Å². The summed E-state index contributed by atoms with van der Waals surface area (Å²) in [6.45, 7) is 0.921. The largest absolute Gasteiger partial charge is 0.480 e. The highest BCUT2D eigenvalue weighted by atomic mass is 16.5. The number of carbonyl (C=O) groups excluding carboxylic acids is 4. The fourth-order valence-corrected chi connectivity index (χ4v) is 6.53. The van der Waals surface area contributed by atoms with E-state index in [0.29, 0.717) is 31.6 Å². The van der Waals surface area contributed by atoms with Gasteiger partial charge in [-0.15, -0.1) is 0 Å². The number of nitrogens with zero attached hydrogens (tertiary/aromatic N) is 6. The number of carbonyl (C=O) groups is 8. The second kappa shape index (κ2) is 26.0. The molecule has 0 bridgehead atoms. The summed E-state index contributed by atoms with van der Waals surface area (Å²) in [5.41, 5.74) is 0.562. The van der Waals surface area contributed by atoms with E-state index in [-0.39, 0.29) is 111 Å². The number of hydrogen-bond donors (Lipinski definition) is 8. The third-order valence-electron chi connectivity index (χ3n) is 9.41. The SMILES string of the molecule is O=C(O)CNC(=O)[C@@H]1CCCN1C(=O)[C@H](Cc1cnc[nH]1)NC(=O)COCCOCCNC(=O)CN1CCN(CC(=O)O)CCN(CC(=O)O)CCN(CC(=O)O)CC1. The van der Waals surface area contributed by atoms with Gasteiger partial charge in [-0.2, -0.15) is 0 Å². The van der Waals surface area contributed by atoms with Gasteiger partial charge in [0.25, 0.3) is 0 Å². The molecule has 24 heteroatoms. The molecule has 0 spiro atoms. The molecule has 24 nitrogen and oxygen atoms in total. The first-order valence-corrected chi connectivity index (χ1v) is 19.2. The molecular formula is C35H56N10O14. The van der Waals surface area contributed by atoms with E-state index in [1.54, 1.807) is 19.6 Å². The van der Waals surface area contributed by atoms with Gasteiger partial charge in [-0.1, -0.05) is 0 Å². The molecule has 2 saturated heterocycles. The number of nitrogens with one attached hydrogen (secondary N) is 4. The van der Waals surface area contributed by atoms with Crippen LogP contribution in [0.25, 0.3) is 0 Å². The number of carboxylic acids is 4. The second-order valence-electron chi connectivity index (χ2n) is 14.0. The maximum absolute atomic E-state index is 13.5. The van der Waals surface area contributed by atoms with Crippen LogP contribution in [0, 0.1) is 0 Å². The Morgan fingerprint density at radius 3 is 1.75 bits per heavy atom. The highest BCUT2D eigenvalue weighted by Crippen LogP contribution is 2.19. The maximum Gasteiger partial charge on any atom is 0.322 e. The topological polar surface area (TPSA) is 317 Å². The van der Waals surface area contributed by atoms with E-state index in [0.717, 1.165) is 0 Å². The highest BCUT2D eigenvalue weighted by molar-refractivity contribution is 5.93. The molecule has 8 N–H and O–H groups in total. The molecule has 1 aromatic rings. The first-order valence-electron chi connectivity index (χ1n) is 19.2. The molecule has 1 aromatic heterocycles. The van der Waals surface area contributed by atoms with E-state index >= 15 is 0 Å². The number of amides is 4. The minimum atomic E-state index is -1.22. The van der Waals surface area contributed by atoms with Gasteiger partial charge in [0, 0.05) is 83.8 Å². The summed E-state index contributed by atoms with van der Waals surface area (Å²) in [5, 5.41) is 44.7. The van der Waals surface area contributed by atoms with Crippen LogP contribution in [0.5, 0.6) is 0 Å². The highest BCUT2D eigenvalue weighted by Gasteiger charge is 2.38. The summed E-state index contributed by atoms with van der Waals surface area (Å²) in [5.74, 6) is -6.41. The van der Waals surface area contributed by atoms with Crippen molar-refractivity contribution < 1.29 is 68.3 Å². The number of imidazole rings is 1. The molecule has 4 amide bonds. The molecular weight excluding hydrogens is 784 g/mol. The predicted molar refractivity (Wildman–Crippen MR) is 203 cm³/mol. The molecule has 3 heterocycles. The summed E-state index contributed by atoms with van der Waals surface area (Å²) in [6.07, 6.45) is 3.84. The van der Waals surface area contributed by atoms with Crippen LogP contribution in [0.1, 0.15) is 18.5 Å². The molecule has 330 valence electrons. The van der Waals surface area contributed by atoms with E-state index < -0.39 is 66.8 Å². The molecule has 2 atom stereocenters. The van der Waals surface area contributed by atoms with E-state index in [1.165, 1.54) is 17.4 Å². The van der Waals surface area contributed by atoms with Crippen molar-refractivity contribution in [3.05, 3.63) is 18.2 Å². The minimum Gasteiger partial charge on any atom is -0.480 e. The Balaban J connectivity index is 1.42. The average molecular weight is 841 g/mol. The van der Waals surface area contributed by atoms with Crippen molar-refractivity contribution in [1.82, 2.24) is 50.4 Å². The van der Waals surface area contributed by atoms with Gasteiger partial charge in [-0.25, -0.2) is 4.98 Å². The Bertz CT molecular complexity index is 1520. The minimum absolute atomic E-state index is 0.0139. The number of rotatable bonds is 23. The van der Waals surface area contributed by atoms with Crippen molar-refractivity contribution in [3.63, 3.8) is 0 Å². The second-order valence-corrected chi connectivity index (χ2v) is 14.0. The zero-order valence-corrected chi connectivity index (χ0v) is 32.9. The molecule has 2 fully saturated rings. The quantitative estimate of drug-likeness (QED) is 0.0480. The number of hydrogen-bond acceptors (Lipinski definition) is 15. The van der Waals surface area contributed by atoms with Crippen LogP contribution >= 0.6 is 0 Å². The smallest absolute Gasteiger partial charge is 0.322 e. The molecule has 0 saturated carbocycles. The van der Waals surface area contributed by atoms with Crippen LogP contribution < -0.4 is 16.0 Å². The Hall–Kier alpha value is -5.27. The maximum atomic E-state index is 13.5. The van der Waals surface area contributed by atoms with Crippen molar-refractivity contribution in [1.29, 1.82) is 0 Å². The van der Waals surface area contributed by atoms with Crippen LogP contribution in [0.4, 0.5) is 0 Å².